The van der Waals surface area contributed by atoms with E-state index in [1.165, 1.54) is 12.1 Å². The van der Waals surface area contributed by atoms with Gasteiger partial charge < -0.3 is 15.1 Å². The molecule has 1 aliphatic rings. The molecule has 1 fully saturated rings. The maximum absolute atomic E-state index is 13.0. The Labute approximate surface area is 135 Å². The van der Waals surface area contributed by atoms with Gasteiger partial charge in [-0.3, -0.25) is 0 Å². The summed E-state index contributed by atoms with van der Waals surface area (Å²) in [7, 11) is 0. The first kappa shape index (κ1) is 15.6. The number of carbonyl (C=O) groups is 1. The van der Waals surface area contributed by atoms with Gasteiger partial charge >= 0.3 is 6.03 Å². The molecular formula is C18H21FN2O2. The molecule has 2 amide bonds. The fourth-order valence-electron chi connectivity index (χ4n) is 2.87. The quantitative estimate of drug-likeness (QED) is 0.886. The van der Waals surface area contributed by atoms with Crippen molar-refractivity contribution in [2.45, 2.75) is 38.6 Å². The Kier molecular flexibility index (Phi) is 4.11. The van der Waals surface area contributed by atoms with E-state index in [9.17, 15) is 9.18 Å². The van der Waals surface area contributed by atoms with Crippen LogP contribution in [0.25, 0.3) is 0 Å². The highest BCUT2D eigenvalue weighted by atomic mass is 19.1. The Morgan fingerprint density at radius 2 is 1.91 bits per heavy atom. The summed E-state index contributed by atoms with van der Waals surface area (Å²) in [5, 5.41) is 5.76. The van der Waals surface area contributed by atoms with Crippen LogP contribution in [-0.4, -0.2) is 12.6 Å². The van der Waals surface area contributed by atoms with Gasteiger partial charge in [-0.2, -0.15) is 0 Å². The molecule has 1 aromatic heterocycles. The van der Waals surface area contributed by atoms with Crippen molar-refractivity contribution < 1.29 is 13.6 Å². The second kappa shape index (κ2) is 6.07. The Bertz CT molecular complexity index is 702. The van der Waals surface area contributed by atoms with E-state index >= 15 is 0 Å². The zero-order valence-electron chi connectivity index (χ0n) is 13.4. The highest BCUT2D eigenvalue weighted by Crippen LogP contribution is 2.47. The van der Waals surface area contributed by atoms with Crippen molar-refractivity contribution in [2.75, 3.05) is 6.54 Å². The number of urea groups is 1. The number of carbonyl (C=O) groups excluding carboxylic acids is 1. The standard InChI is InChI=1S/C18H21FN2O2/c1-12-9-14(13(2)23-12)10-20-17(22)21-11-18(7-8-18)15-3-5-16(19)6-4-15/h3-6,9H,7-8,10-11H2,1-2H3,(H2,20,21,22). The van der Waals surface area contributed by atoms with Crippen molar-refractivity contribution in [1.29, 1.82) is 0 Å². The molecule has 1 aromatic carbocycles. The predicted molar refractivity (Wildman–Crippen MR) is 85.7 cm³/mol. The van der Waals surface area contributed by atoms with Crippen LogP contribution in [0.15, 0.2) is 34.7 Å². The van der Waals surface area contributed by atoms with Gasteiger partial charge in [-0.1, -0.05) is 12.1 Å². The van der Waals surface area contributed by atoms with E-state index in [0.717, 1.165) is 35.5 Å². The second-order valence-electron chi connectivity index (χ2n) is 6.26. The summed E-state index contributed by atoms with van der Waals surface area (Å²) in [5.41, 5.74) is 2.03. The molecule has 122 valence electrons. The first-order valence-corrected chi connectivity index (χ1v) is 7.82. The maximum atomic E-state index is 13.0. The lowest BCUT2D eigenvalue weighted by molar-refractivity contribution is 0.239. The molecule has 0 aliphatic heterocycles. The third kappa shape index (κ3) is 3.55. The SMILES string of the molecule is Cc1cc(CNC(=O)NCC2(c3ccc(F)cc3)CC2)c(C)o1. The Morgan fingerprint density at radius 3 is 2.48 bits per heavy atom. The number of rotatable bonds is 5. The van der Waals surface area contributed by atoms with Crippen LogP contribution in [-0.2, 0) is 12.0 Å². The van der Waals surface area contributed by atoms with Crippen molar-refractivity contribution in [3.63, 3.8) is 0 Å². The minimum atomic E-state index is -0.235. The molecule has 2 aromatic rings. The van der Waals surface area contributed by atoms with Gasteiger partial charge in [0.05, 0.1) is 0 Å². The Balaban J connectivity index is 1.51. The normalized spacial score (nSPS) is 15.3. The molecule has 3 rings (SSSR count). The average molecular weight is 316 g/mol. The molecule has 2 N–H and O–H groups in total. The summed E-state index contributed by atoms with van der Waals surface area (Å²) >= 11 is 0. The second-order valence-corrected chi connectivity index (χ2v) is 6.26. The number of aryl methyl sites for hydroxylation is 2. The molecule has 1 heterocycles. The first-order valence-electron chi connectivity index (χ1n) is 7.82. The number of nitrogens with one attached hydrogen (secondary N) is 2. The van der Waals surface area contributed by atoms with E-state index in [0.29, 0.717) is 13.1 Å². The largest absolute Gasteiger partial charge is 0.466 e. The van der Waals surface area contributed by atoms with Gasteiger partial charge in [0.15, 0.2) is 0 Å². The van der Waals surface area contributed by atoms with Gasteiger partial charge in [0.25, 0.3) is 0 Å². The molecule has 23 heavy (non-hydrogen) atoms. The fraction of sp³-hybridized carbons (Fsp3) is 0.389. The lowest BCUT2D eigenvalue weighted by Crippen LogP contribution is -2.39. The summed E-state index contributed by atoms with van der Waals surface area (Å²) in [6, 6.07) is 8.28. The topological polar surface area (TPSA) is 54.3 Å². The summed E-state index contributed by atoms with van der Waals surface area (Å²) < 4.78 is 18.5. The number of hydrogen-bond acceptors (Lipinski definition) is 2. The van der Waals surface area contributed by atoms with Crippen molar-refractivity contribution >= 4 is 6.03 Å². The highest BCUT2D eigenvalue weighted by molar-refractivity contribution is 5.74. The number of amides is 2. The minimum Gasteiger partial charge on any atom is -0.466 e. The van der Waals surface area contributed by atoms with E-state index in [1.807, 2.05) is 19.9 Å². The fourth-order valence-corrected chi connectivity index (χ4v) is 2.87. The van der Waals surface area contributed by atoms with Crippen LogP contribution in [0.1, 0.15) is 35.5 Å². The predicted octanol–water partition coefficient (Wildman–Crippen LogP) is 3.57. The van der Waals surface area contributed by atoms with Crippen LogP contribution in [0.5, 0.6) is 0 Å². The van der Waals surface area contributed by atoms with Crippen LogP contribution in [0, 0.1) is 19.7 Å². The van der Waals surface area contributed by atoms with Crippen LogP contribution in [0.3, 0.4) is 0 Å². The molecule has 1 saturated carbocycles. The van der Waals surface area contributed by atoms with Gasteiger partial charge in [-0.15, -0.1) is 0 Å². The van der Waals surface area contributed by atoms with Crippen LogP contribution in [0.2, 0.25) is 0 Å². The van der Waals surface area contributed by atoms with E-state index in [-0.39, 0.29) is 17.3 Å². The van der Waals surface area contributed by atoms with Crippen LogP contribution in [0.4, 0.5) is 9.18 Å². The van der Waals surface area contributed by atoms with E-state index < -0.39 is 0 Å². The van der Waals surface area contributed by atoms with Crippen molar-refractivity contribution in [2.24, 2.45) is 0 Å². The third-order valence-corrected chi connectivity index (χ3v) is 4.48. The highest BCUT2D eigenvalue weighted by Gasteiger charge is 2.44. The summed E-state index contributed by atoms with van der Waals surface area (Å²) in [6.45, 7) is 4.78. The zero-order chi connectivity index (χ0) is 16.4. The molecule has 0 atom stereocenters. The Morgan fingerprint density at radius 1 is 1.22 bits per heavy atom. The number of halogens is 1. The number of benzene rings is 1. The molecule has 0 radical (unpaired) electrons. The molecule has 4 nitrogen and oxygen atoms in total. The van der Waals surface area contributed by atoms with E-state index in [1.54, 1.807) is 12.1 Å². The minimum absolute atomic E-state index is 0.0345. The molecule has 5 heteroatoms. The van der Waals surface area contributed by atoms with Gasteiger partial charge in [0, 0.05) is 24.1 Å². The number of hydrogen-bond donors (Lipinski definition) is 2. The van der Waals surface area contributed by atoms with Crippen molar-refractivity contribution in [1.82, 2.24) is 10.6 Å². The van der Waals surface area contributed by atoms with Crippen LogP contribution >= 0.6 is 0 Å². The monoisotopic (exact) mass is 316 g/mol. The first-order chi connectivity index (χ1) is 11.0. The van der Waals surface area contributed by atoms with Gasteiger partial charge in [0.2, 0.25) is 0 Å². The molecule has 1 aliphatic carbocycles. The van der Waals surface area contributed by atoms with Crippen LogP contribution < -0.4 is 10.6 Å². The third-order valence-electron chi connectivity index (χ3n) is 4.48. The smallest absolute Gasteiger partial charge is 0.315 e. The molecule has 0 bridgehead atoms. The lowest BCUT2D eigenvalue weighted by atomic mass is 9.96. The van der Waals surface area contributed by atoms with Gasteiger partial charge in [-0.05, 0) is 50.5 Å². The summed E-state index contributed by atoms with van der Waals surface area (Å²) in [5.74, 6) is 1.43. The maximum Gasteiger partial charge on any atom is 0.315 e. The lowest BCUT2D eigenvalue weighted by Gasteiger charge is -2.17. The van der Waals surface area contributed by atoms with Crippen molar-refractivity contribution in [3.8, 4) is 0 Å². The van der Waals surface area contributed by atoms with E-state index in [2.05, 4.69) is 10.6 Å². The van der Waals surface area contributed by atoms with E-state index in [4.69, 9.17) is 4.42 Å². The summed E-state index contributed by atoms with van der Waals surface area (Å²) in [6.07, 6.45) is 2.03. The average Bonchev–Trinajstić information content (AvgIpc) is 3.24. The molecule has 0 unspecified atom stereocenters. The summed E-state index contributed by atoms with van der Waals surface area (Å²) in [4.78, 5) is 12.0. The zero-order valence-corrected chi connectivity index (χ0v) is 13.4. The van der Waals surface area contributed by atoms with Crippen molar-refractivity contribution in [3.05, 3.63) is 58.8 Å². The Hall–Kier alpha value is -2.30. The van der Waals surface area contributed by atoms with Gasteiger partial charge in [0.1, 0.15) is 17.3 Å². The number of furan rings is 1. The molecule has 0 spiro atoms. The van der Waals surface area contributed by atoms with Gasteiger partial charge in [-0.25, -0.2) is 9.18 Å². The molecule has 0 saturated heterocycles. The molecular weight excluding hydrogens is 295 g/mol.